The van der Waals surface area contributed by atoms with Crippen molar-refractivity contribution < 1.29 is 31.4 Å². The molecule has 0 unspecified atom stereocenters. The summed E-state index contributed by atoms with van der Waals surface area (Å²) < 4.78 is 71.5. The first-order chi connectivity index (χ1) is 15.8. The van der Waals surface area contributed by atoms with Gasteiger partial charge in [0.1, 0.15) is 17.3 Å². The zero-order valence-corrected chi connectivity index (χ0v) is 18.3. The molecule has 1 aromatic heterocycles. The molecule has 7 nitrogen and oxygen atoms in total. The molecule has 0 bridgehead atoms. The van der Waals surface area contributed by atoms with Gasteiger partial charge in [-0.3, -0.25) is 9.71 Å². The third-order valence-electron chi connectivity index (χ3n) is 4.73. The zero-order chi connectivity index (χ0) is 23.6. The molecule has 4 aromatic rings. The van der Waals surface area contributed by atoms with Gasteiger partial charge in [0.15, 0.2) is 17.3 Å². The lowest BCUT2D eigenvalue weighted by atomic mass is 10.2. The highest BCUT2D eigenvalue weighted by molar-refractivity contribution is 7.92. The van der Waals surface area contributed by atoms with Crippen molar-refractivity contribution in [2.75, 3.05) is 18.9 Å². The Bertz CT molecular complexity index is 1440. The minimum Gasteiger partial charge on any atom is -0.493 e. The van der Waals surface area contributed by atoms with Crippen LogP contribution in [0.2, 0.25) is 0 Å². The van der Waals surface area contributed by atoms with Gasteiger partial charge >= 0.3 is 0 Å². The molecule has 0 amide bonds. The average molecular weight is 472 g/mol. The third kappa shape index (κ3) is 4.65. The van der Waals surface area contributed by atoms with Gasteiger partial charge in [0.05, 0.1) is 30.3 Å². The molecule has 33 heavy (non-hydrogen) atoms. The number of nitrogens with zero attached hydrogens (tertiary/aromatic N) is 1. The first-order valence-electron chi connectivity index (χ1n) is 9.57. The molecular weight excluding hydrogens is 454 g/mol. The lowest BCUT2D eigenvalue weighted by molar-refractivity contribution is 0.355. The molecule has 0 saturated carbocycles. The molecule has 1 heterocycles. The number of fused-ring (bicyclic) bond motifs is 1. The Balaban J connectivity index is 1.62. The Morgan fingerprint density at radius 2 is 1.64 bits per heavy atom. The predicted molar refractivity (Wildman–Crippen MR) is 119 cm³/mol. The normalized spacial score (nSPS) is 11.3. The van der Waals surface area contributed by atoms with Crippen LogP contribution in [0.4, 0.5) is 14.5 Å². The Hall–Kier alpha value is -3.92. The van der Waals surface area contributed by atoms with Gasteiger partial charge in [-0.2, -0.15) is 0 Å². The zero-order valence-electron chi connectivity index (χ0n) is 17.5. The van der Waals surface area contributed by atoms with Gasteiger partial charge in [0.25, 0.3) is 10.0 Å². The van der Waals surface area contributed by atoms with Crippen LogP contribution in [0.15, 0.2) is 71.8 Å². The fraction of sp³-hybridized carbons (Fsp3) is 0.0870. The highest BCUT2D eigenvalue weighted by Gasteiger charge is 2.18. The van der Waals surface area contributed by atoms with Gasteiger partial charge < -0.3 is 14.2 Å². The summed E-state index contributed by atoms with van der Waals surface area (Å²) in [5.41, 5.74) is 0.266. The quantitative estimate of drug-likeness (QED) is 0.402. The molecule has 0 atom stereocenters. The van der Waals surface area contributed by atoms with E-state index in [0.717, 1.165) is 18.2 Å². The van der Waals surface area contributed by atoms with E-state index in [4.69, 9.17) is 14.2 Å². The monoisotopic (exact) mass is 472 g/mol. The van der Waals surface area contributed by atoms with E-state index in [2.05, 4.69) is 9.71 Å². The van der Waals surface area contributed by atoms with Crippen molar-refractivity contribution in [1.29, 1.82) is 0 Å². The molecule has 10 heteroatoms. The van der Waals surface area contributed by atoms with Crippen molar-refractivity contribution in [2.24, 2.45) is 0 Å². The smallest absolute Gasteiger partial charge is 0.262 e. The highest BCUT2D eigenvalue weighted by Crippen LogP contribution is 2.37. The number of rotatable bonds is 7. The van der Waals surface area contributed by atoms with Crippen LogP contribution < -0.4 is 18.9 Å². The summed E-state index contributed by atoms with van der Waals surface area (Å²) in [6.07, 6.45) is 1.53. The summed E-state index contributed by atoms with van der Waals surface area (Å²) in [5, 5.41) is 0.603. The number of hydrogen-bond acceptors (Lipinski definition) is 6. The van der Waals surface area contributed by atoms with Gasteiger partial charge in [-0.05, 0) is 42.5 Å². The SMILES string of the molecule is COc1cc2nccc(Oc3ccc(NS(=O)(=O)c4cccc(F)c4)c(F)c3)c2cc1OC. The molecule has 4 rings (SSSR count). The molecule has 0 aliphatic heterocycles. The van der Waals surface area contributed by atoms with Crippen molar-refractivity contribution in [3.8, 4) is 23.0 Å². The predicted octanol–water partition coefficient (Wildman–Crippen LogP) is 5.12. The molecule has 0 saturated heterocycles. The van der Waals surface area contributed by atoms with Crippen LogP contribution in [0.5, 0.6) is 23.0 Å². The van der Waals surface area contributed by atoms with Crippen LogP contribution in [0.1, 0.15) is 0 Å². The van der Waals surface area contributed by atoms with E-state index in [1.54, 1.807) is 18.2 Å². The summed E-state index contributed by atoms with van der Waals surface area (Å²) in [7, 11) is -1.17. The molecule has 0 spiro atoms. The van der Waals surface area contributed by atoms with E-state index < -0.39 is 21.7 Å². The van der Waals surface area contributed by atoms with Crippen LogP contribution in [0.3, 0.4) is 0 Å². The molecular formula is C23H18F2N2O5S. The molecule has 0 radical (unpaired) electrons. The van der Waals surface area contributed by atoms with Crippen LogP contribution in [-0.2, 0) is 10.0 Å². The number of anilines is 1. The van der Waals surface area contributed by atoms with E-state index in [-0.39, 0.29) is 16.3 Å². The summed E-state index contributed by atoms with van der Waals surface area (Å²) in [6, 6.07) is 13.0. The molecule has 170 valence electrons. The van der Waals surface area contributed by atoms with Crippen molar-refractivity contribution in [1.82, 2.24) is 4.98 Å². The largest absolute Gasteiger partial charge is 0.493 e. The number of ether oxygens (including phenoxy) is 3. The number of sulfonamides is 1. The summed E-state index contributed by atoms with van der Waals surface area (Å²) in [4.78, 5) is 3.96. The maximum absolute atomic E-state index is 14.7. The highest BCUT2D eigenvalue weighted by atomic mass is 32.2. The second kappa shape index (κ2) is 8.91. The minimum atomic E-state index is -4.18. The van der Waals surface area contributed by atoms with E-state index in [1.165, 1.54) is 44.7 Å². The number of methoxy groups -OCH3 is 2. The van der Waals surface area contributed by atoms with Crippen LogP contribution in [0, 0.1) is 11.6 Å². The molecule has 0 fully saturated rings. The van der Waals surface area contributed by atoms with Crippen LogP contribution in [0.25, 0.3) is 10.9 Å². The number of hydrogen-bond donors (Lipinski definition) is 1. The Morgan fingerprint density at radius 1 is 0.879 bits per heavy atom. The number of nitrogens with one attached hydrogen (secondary N) is 1. The Labute approximate surface area is 188 Å². The Morgan fingerprint density at radius 3 is 2.33 bits per heavy atom. The van der Waals surface area contributed by atoms with E-state index in [1.807, 2.05) is 0 Å². The number of aromatic nitrogens is 1. The number of benzene rings is 3. The first-order valence-corrected chi connectivity index (χ1v) is 11.1. The molecule has 0 aliphatic rings. The number of halogens is 2. The maximum atomic E-state index is 14.7. The van der Waals surface area contributed by atoms with Crippen molar-refractivity contribution in [2.45, 2.75) is 4.90 Å². The van der Waals surface area contributed by atoms with E-state index in [0.29, 0.717) is 28.2 Å². The van der Waals surface area contributed by atoms with Crippen molar-refractivity contribution >= 4 is 26.6 Å². The average Bonchev–Trinajstić information content (AvgIpc) is 2.80. The minimum absolute atomic E-state index is 0.128. The lowest BCUT2D eigenvalue weighted by Crippen LogP contribution is -2.14. The summed E-state index contributed by atoms with van der Waals surface area (Å²) >= 11 is 0. The van der Waals surface area contributed by atoms with Crippen molar-refractivity contribution in [3.05, 3.63) is 78.5 Å². The van der Waals surface area contributed by atoms with Crippen LogP contribution in [-0.4, -0.2) is 27.6 Å². The first kappa shape index (κ1) is 22.3. The maximum Gasteiger partial charge on any atom is 0.262 e. The standard InChI is InChI=1S/C23H18F2N2O5S/c1-30-22-12-17-20(13-23(22)31-2)26-9-8-21(17)32-15-6-7-19(18(25)11-15)27-33(28,29)16-5-3-4-14(24)10-16/h3-13,27H,1-2H3. The van der Waals surface area contributed by atoms with E-state index in [9.17, 15) is 17.2 Å². The summed E-state index contributed by atoms with van der Waals surface area (Å²) in [5.74, 6) is -0.116. The van der Waals surface area contributed by atoms with Gasteiger partial charge in [-0.25, -0.2) is 17.2 Å². The lowest BCUT2D eigenvalue weighted by Gasteiger charge is -2.13. The summed E-state index contributed by atoms with van der Waals surface area (Å²) in [6.45, 7) is 0. The fourth-order valence-electron chi connectivity index (χ4n) is 3.14. The second-order valence-corrected chi connectivity index (χ2v) is 8.52. The molecule has 3 aromatic carbocycles. The van der Waals surface area contributed by atoms with Gasteiger partial charge in [0, 0.05) is 23.7 Å². The Kier molecular flexibility index (Phi) is 6.01. The third-order valence-corrected chi connectivity index (χ3v) is 6.09. The van der Waals surface area contributed by atoms with Crippen molar-refractivity contribution in [3.63, 3.8) is 0 Å². The van der Waals surface area contributed by atoms with Gasteiger partial charge in [-0.15, -0.1) is 0 Å². The molecule has 1 N–H and O–H groups in total. The second-order valence-electron chi connectivity index (χ2n) is 6.84. The topological polar surface area (TPSA) is 86.8 Å². The number of pyridine rings is 1. The molecule has 0 aliphatic carbocycles. The van der Waals surface area contributed by atoms with E-state index >= 15 is 0 Å². The van der Waals surface area contributed by atoms with Gasteiger partial charge in [0.2, 0.25) is 0 Å². The van der Waals surface area contributed by atoms with Gasteiger partial charge in [-0.1, -0.05) is 6.07 Å². The fourth-order valence-corrected chi connectivity index (χ4v) is 4.24. The van der Waals surface area contributed by atoms with Crippen LogP contribution >= 0.6 is 0 Å².